The SMILES string of the molecule is Cc1cnn(C)c1-c1ccc(NC(=O)[C@H](Cc2cc(-c3ccc(=O)n(C(C)C)c3)ccc2Cl)NC(=O)c2ncco2)cc1. The van der Waals surface area contributed by atoms with Crippen LogP contribution >= 0.6 is 11.6 Å². The highest BCUT2D eigenvalue weighted by atomic mass is 35.5. The van der Waals surface area contributed by atoms with E-state index in [0.29, 0.717) is 16.3 Å². The van der Waals surface area contributed by atoms with Crippen LogP contribution in [-0.2, 0) is 18.3 Å². The van der Waals surface area contributed by atoms with Crippen molar-refractivity contribution < 1.29 is 14.0 Å². The molecule has 0 saturated heterocycles. The smallest absolute Gasteiger partial charge is 0.307 e. The summed E-state index contributed by atoms with van der Waals surface area (Å²) in [7, 11) is 1.88. The van der Waals surface area contributed by atoms with Gasteiger partial charge in [-0.15, -0.1) is 0 Å². The lowest BCUT2D eigenvalue weighted by Gasteiger charge is -2.19. The maximum absolute atomic E-state index is 13.6. The van der Waals surface area contributed by atoms with Gasteiger partial charge in [-0.25, -0.2) is 4.98 Å². The summed E-state index contributed by atoms with van der Waals surface area (Å²) in [6.07, 6.45) is 6.32. The van der Waals surface area contributed by atoms with E-state index in [1.54, 1.807) is 45.9 Å². The molecule has 2 N–H and O–H groups in total. The molecule has 0 spiro atoms. The Morgan fingerprint density at radius 2 is 1.74 bits per heavy atom. The van der Waals surface area contributed by atoms with Crippen LogP contribution in [0.15, 0.2) is 88.7 Å². The molecule has 0 fully saturated rings. The number of halogens is 1. The third-order valence-corrected chi connectivity index (χ3v) is 7.46. The van der Waals surface area contributed by atoms with Crippen LogP contribution in [0.4, 0.5) is 5.69 Å². The number of nitrogens with zero attached hydrogens (tertiary/aromatic N) is 4. The highest BCUT2D eigenvalue weighted by Gasteiger charge is 2.25. The summed E-state index contributed by atoms with van der Waals surface area (Å²) < 4.78 is 8.59. The molecule has 0 aliphatic heterocycles. The Balaban J connectivity index is 1.42. The monoisotopic (exact) mass is 598 g/mol. The molecule has 3 heterocycles. The Bertz CT molecular complexity index is 1800. The van der Waals surface area contributed by atoms with Gasteiger partial charge < -0.3 is 19.6 Å². The van der Waals surface area contributed by atoms with Gasteiger partial charge in [-0.2, -0.15) is 5.10 Å². The zero-order chi connectivity index (χ0) is 30.7. The van der Waals surface area contributed by atoms with Gasteiger partial charge in [-0.1, -0.05) is 29.8 Å². The van der Waals surface area contributed by atoms with Crippen LogP contribution in [0.2, 0.25) is 5.02 Å². The highest BCUT2D eigenvalue weighted by Crippen LogP contribution is 2.27. The molecule has 1 atom stereocenters. The van der Waals surface area contributed by atoms with Crippen LogP contribution in [0.1, 0.15) is 41.7 Å². The summed E-state index contributed by atoms with van der Waals surface area (Å²) in [6, 6.07) is 15.1. The number of aromatic nitrogens is 4. The van der Waals surface area contributed by atoms with Crippen molar-refractivity contribution in [2.24, 2.45) is 7.05 Å². The Morgan fingerprint density at radius 1 is 1.02 bits per heavy atom. The Kier molecular flexibility index (Phi) is 8.58. The van der Waals surface area contributed by atoms with E-state index in [4.69, 9.17) is 16.0 Å². The van der Waals surface area contributed by atoms with Crippen molar-refractivity contribution in [3.8, 4) is 22.4 Å². The minimum Gasteiger partial charge on any atom is -0.441 e. The van der Waals surface area contributed by atoms with Crippen molar-refractivity contribution in [1.82, 2.24) is 24.6 Å². The van der Waals surface area contributed by atoms with Crippen molar-refractivity contribution in [3.05, 3.63) is 112 Å². The maximum Gasteiger partial charge on any atom is 0.307 e. The molecular formula is C32H31ClN6O4. The molecule has 0 radical (unpaired) electrons. The van der Waals surface area contributed by atoms with E-state index in [2.05, 4.69) is 20.7 Å². The summed E-state index contributed by atoms with van der Waals surface area (Å²) >= 11 is 6.59. The van der Waals surface area contributed by atoms with Crippen molar-refractivity contribution in [1.29, 1.82) is 0 Å². The standard InChI is InChI=1S/C32H31ClN6O4/c1-19(2)39-18-23(8-12-28(39)40)22-7-11-26(33)24(15-22)16-27(37-31(42)32-34-13-14-43-32)30(41)36-25-9-5-21(6-10-25)29-20(3)17-35-38(29)4/h5-15,17-19,27H,16H2,1-4H3,(H,36,41)(H,37,42)/t27-/m0/s1. The van der Waals surface area contributed by atoms with Gasteiger partial charge >= 0.3 is 5.91 Å². The first-order chi connectivity index (χ1) is 20.6. The number of hydrogen-bond donors (Lipinski definition) is 2. The first-order valence-electron chi connectivity index (χ1n) is 13.7. The lowest BCUT2D eigenvalue weighted by Crippen LogP contribution is -2.45. The zero-order valence-corrected chi connectivity index (χ0v) is 24.9. The van der Waals surface area contributed by atoms with Crippen molar-refractivity contribution in [2.75, 3.05) is 5.32 Å². The Morgan fingerprint density at radius 3 is 2.40 bits per heavy atom. The summed E-state index contributed by atoms with van der Waals surface area (Å²) in [5.74, 6) is -1.24. The van der Waals surface area contributed by atoms with Gasteiger partial charge in [0, 0.05) is 48.0 Å². The number of aryl methyl sites for hydroxylation is 2. The molecule has 0 bridgehead atoms. The number of benzene rings is 2. The van der Waals surface area contributed by atoms with E-state index >= 15 is 0 Å². The van der Waals surface area contributed by atoms with Gasteiger partial charge in [0.05, 0.1) is 18.1 Å². The lowest BCUT2D eigenvalue weighted by atomic mass is 9.99. The van der Waals surface area contributed by atoms with Crippen LogP contribution in [0.5, 0.6) is 0 Å². The third kappa shape index (κ3) is 6.60. The van der Waals surface area contributed by atoms with Gasteiger partial charge in [-0.3, -0.25) is 19.1 Å². The van der Waals surface area contributed by atoms with Gasteiger partial charge in [-0.05, 0) is 73.4 Å². The molecule has 220 valence electrons. The average Bonchev–Trinajstić information content (AvgIpc) is 3.64. The fourth-order valence-corrected chi connectivity index (χ4v) is 5.07. The number of amides is 2. The normalized spacial score (nSPS) is 11.9. The van der Waals surface area contributed by atoms with Crippen LogP contribution < -0.4 is 16.2 Å². The summed E-state index contributed by atoms with van der Waals surface area (Å²) in [4.78, 5) is 42.7. The van der Waals surface area contributed by atoms with Crippen molar-refractivity contribution in [2.45, 2.75) is 39.3 Å². The first kappa shape index (κ1) is 29.5. The Hall–Kier alpha value is -4.96. The van der Waals surface area contributed by atoms with Crippen molar-refractivity contribution in [3.63, 3.8) is 0 Å². The topological polar surface area (TPSA) is 124 Å². The molecule has 0 saturated carbocycles. The number of rotatable bonds is 9. The molecule has 0 aliphatic rings. The molecule has 5 rings (SSSR count). The van der Waals surface area contributed by atoms with Crippen LogP contribution in [0, 0.1) is 6.92 Å². The molecule has 2 amide bonds. The quantitative estimate of drug-likeness (QED) is 0.233. The molecule has 43 heavy (non-hydrogen) atoms. The van der Waals surface area contributed by atoms with E-state index in [-0.39, 0.29) is 23.9 Å². The second-order valence-corrected chi connectivity index (χ2v) is 10.9. The van der Waals surface area contributed by atoms with Gasteiger partial charge in [0.25, 0.3) is 11.4 Å². The number of anilines is 1. The van der Waals surface area contributed by atoms with Gasteiger partial charge in [0.1, 0.15) is 12.3 Å². The first-order valence-corrected chi connectivity index (χ1v) is 14.1. The van der Waals surface area contributed by atoms with E-state index in [0.717, 1.165) is 27.9 Å². The molecule has 2 aromatic carbocycles. The van der Waals surface area contributed by atoms with E-state index in [1.807, 2.05) is 52.1 Å². The van der Waals surface area contributed by atoms with E-state index in [9.17, 15) is 14.4 Å². The third-order valence-electron chi connectivity index (χ3n) is 7.09. The molecule has 5 aromatic rings. The number of carbonyl (C=O) groups excluding carboxylic acids is 2. The molecule has 11 heteroatoms. The number of hydrogen-bond acceptors (Lipinski definition) is 6. The summed E-state index contributed by atoms with van der Waals surface area (Å²) in [5, 5.41) is 10.4. The van der Waals surface area contributed by atoms with E-state index < -0.39 is 17.9 Å². The molecule has 0 unspecified atom stereocenters. The number of nitrogens with one attached hydrogen (secondary N) is 2. The molecule has 10 nitrogen and oxygen atoms in total. The average molecular weight is 599 g/mol. The van der Waals surface area contributed by atoms with Crippen LogP contribution in [0.3, 0.4) is 0 Å². The van der Waals surface area contributed by atoms with Crippen molar-refractivity contribution >= 4 is 29.1 Å². The minimum atomic E-state index is -1.02. The largest absolute Gasteiger partial charge is 0.441 e. The summed E-state index contributed by atoms with van der Waals surface area (Å²) in [6.45, 7) is 5.86. The molecular weight excluding hydrogens is 568 g/mol. The summed E-state index contributed by atoms with van der Waals surface area (Å²) in [5.41, 5.74) is 5.70. The fourth-order valence-electron chi connectivity index (χ4n) is 4.88. The second kappa shape index (κ2) is 12.5. The van der Waals surface area contributed by atoms with Gasteiger partial charge in [0.15, 0.2) is 0 Å². The number of pyridine rings is 1. The molecule has 0 aliphatic carbocycles. The predicted molar refractivity (Wildman–Crippen MR) is 165 cm³/mol. The number of oxazole rings is 1. The van der Waals surface area contributed by atoms with Crippen LogP contribution in [-0.4, -0.2) is 37.2 Å². The zero-order valence-electron chi connectivity index (χ0n) is 24.2. The van der Waals surface area contributed by atoms with Gasteiger partial charge in [0.2, 0.25) is 5.91 Å². The molecule has 3 aromatic heterocycles. The fraction of sp³-hybridized carbons (Fsp3) is 0.219. The van der Waals surface area contributed by atoms with E-state index in [1.165, 1.54) is 18.5 Å². The van der Waals surface area contributed by atoms with Crippen LogP contribution in [0.25, 0.3) is 22.4 Å². The second-order valence-electron chi connectivity index (χ2n) is 10.5. The highest BCUT2D eigenvalue weighted by molar-refractivity contribution is 6.31. The minimum absolute atomic E-state index is 0.0139. The predicted octanol–water partition coefficient (Wildman–Crippen LogP) is 5.43. The number of carbonyl (C=O) groups is 2. The lowest BCUT2D eigenvalue weighted by molar-refractivity contribution is -0.118. The maximum atomic E-state index is 13.6. The Labute approximate surface area is 253 Å².